The van der Waals surface area contributed by atoms with Crippen molar-refractivity contribution in [3.8, 4) is 11.3 Å². The molecule has 0 amide bonds. The Morgan fingerprint density at radius 1 is 1.42 bits per heavy atom. The molecule has 0 fully saturated rings. The van der Waals surface area contributed by atoms with Gasteiger partial charge in [-0.2, -0.15) is 0 Å². The van der Waals surface area contributed by atoms with Crippen LogP contribution < -0.4 is 5.32 Å². The maximum absolute atomic E-state index is 13.7. The average molecular weight is 283 g/mol. The number of hydrogen-bond donors (Lipinski definition) is 1. The lowest BCUT2D eigenvalue weighted by Crippen LogP contribution is -2.14. The van der Waals surface area contributed by atoms with Crippen LogP contribution in [-0.2, 0) is 6.42 Å². The van der Waals surface area contributed by atoms with Crippen molar-refractivity contribution in [1.29, 1.82) is 0 Å². The first-order valence-corrected chi connectivity index (χ1v) is 6.69. The number of rotatable bonds is 6. The molecule has 0 spiro atoms. The van der Waals surface area contributed by atoms with Crippen molar-refractivity contribution in [3.05, 3.63) is 41.1 Å². The van der Waals surface area contributed by atoms with E-state index in [-0.39, 0.29) is 5.82 Å². The zero-order chi connectivity index (χ0) is 13.7. The van der Waals surface area contributed by atoms with Crippen LogP contribution in [0, 0.1) is 5.82 Å². The fraction of sp³-hybridized carbons (Fsp3) is 0.357. The van der Waals surface area contributed by atoms with Crippen LogP contribution in [0.25, 0.3) is 11.3 Å². The molecule has 1 heterocycles. The van der Waals surface area contributed by atoms with E-state index in [0.29, 0.717) is 22.2 Å². The molecule has 0 saturated heterocycles. The summed E-state index contributed by atoms with van der Waals surface area (Å²) >= 11 is 5.85. The van der Waals surface area contributed by atoms with E-state index in [0.717, 1.165) is 25.9 Å². The average Bonchev–Trinajstić information content (AvgIpc) is 2.86. The van der Waals surface area contributed by atoms with Gasteiger partial charge < -0.3 is 9.73 Å². The molecule has 19 heavy (non-hydrogen) atoms. The van der Waals surface area contributed by atoms with Crippen molar-refractivity contribution in [2.75, 3.05) is 13.1 Å². The van der Waals surface area contributed by atoms with Gasteiger partial charge in [0.05, 0.1) is 11.8 Å². The van der Waals surface area contributed by atoms with E-state index in [4.69, 9.17) is 16.0 Å². The van der Waals surface area contributed by atoms with E-state index in [1.807, 2.05) is 0 Å². The fourth-order valence-corrected chi connectivity index (χ4v) is 1.95. The monoisotopic (exact) mass is 282 g/mol. The van der Waals surface area contributed by atoms with Crippen LogP contribution in [-0.4, -0.2) is 18.1 Å². The molecular formula is C14H16ClFN2O. The molecule has 5 heteroatoms. The SMILES string of the molecule is CCNCCCc1ncc(-c2cc(Cl)ccc2F)o1. The highest BCUT2D eigenvalue weighted by Crippen LogP contribution is 2.26. The van der Waals surface area contributed by atoms with Gasteiger partial charge in [-0.05, 0) is 37.7 Å². The van der Waals surface area contributed by atoms with Crippen LogP contribution in [0.5, 0.6) is 0 Å². The Hall–Kier alpha value is -1.39. The van der Waals surface area contributed by atoms with Crippen molar-refractivity contribution < 1.29 is 8.81 Å². The normalized spacial score (nSPS) is 10.9. The molecule has 1 N–H and O–H groups in total. The first kappa shape index (κ1) is 14.0. The summed E-state index contributed by atoms with van der Waals surface area (Å²) in [5.74, 6) is 0.672. The fourth-order valence-electron chi connectivity index (χ4n) is 1.78. The maximum Gasteiger partial charge on any atom is 0.194 e. The molecule has 0 atom stereocenters. The summed E-state index contributed by atoms with van der Waals surface area (Å²) in [7, 11) is 0. The summed E-state index contributed by atoms with van der Waals surface area (Å²) in [5, 5.41) is 3.70. The Kier molecular flexibility index (Phi) is 4.93. The largest absolute Gasteiger partial charge is 0.441 e. The second-order valence-corrected chi connectivity index (χ2v) is 4.64. The molecule has 1 aromatic carbocycles. The second-order valence-electron chi connectivity index (χ2n) is 4.20. The van der Waals surface area contributed by atoms with E-state index in [1.165, 1.54) is 18.3 Å². The smallest absolute Gasteiger partial charge is 0.194 e. The van der Waals surface area contributed by atoms with Crippen LogP contribution in [0.15, 0.2) is 28.8 Å². The lowest BCUT2D eigenvalue weighted by atomic mass is 10.2. The summed E-state index contributed by atoms with van der Waals surface area (Å²) in [4.78, 5) is 4.16. The molecule has 3 nitrogen and oxygen atoms in total. The first-order valence-electron chi connectivity index (χ1n) is 6.31. The number of benzene rings is 1. The Morgan fingerprint density at radius 2 is 2.26 bits per heavy atom. The minimum absolute atomic E-state index is 0.345. The number of nitrogens with one attached hydrogen (secondary N) is 1. The van der Waals surface area contributed by atoms with Gasteiger partial charge in [0, 0.05) is 11.4 Å². The lowest BCUT2D eigenvalue weighted by molar-refractivity contribution is 0.490. The molecular weight excluding hydrogens is 267 g/mol. The molecule has 0 radical (unpaired) electrons. The van der Waals surface area contributed by atoms with Crippen molar-refractivity contribution in [3.63, 3.8) is 0 Å². The van der Waals surface area contributed by atoms with Gasteiger partial charge in [0.1, 0.15) is 5.82 Å². The van der Waals surface area contributed by atoms with Gasteiger partial charge in [-0.25, -0.2) is 9.37 Å². The third-order valence-electron chi connectivity index (χ3n) is 2.74. The van der Waals surface area contributed by atoms with Crippen LogP contribution in [0.1, 0.15) is 19.2 Å². The molecule has 0 aliphatic heterocycles. The zero-order valence-electron chi connectivity index (χ0n) is 10.7. The number of hydrogen-bond acceptors (Lipinski definition) is 3. The third-order valence-corrected chi connectivity index (χ3v) is 2.98. The summed E-state index contributed by atoms with van der Waals surface area (Å²) in [6.07, 6.45) is 3.21. The van der Waals surface area contributed by atoms with Crippen LogP contribution in [0.2, 0.25) is 5.02 Å². The van der Waals surface area contributed by atoms with Crippen molar-refractivity contribution >= 4 is 11.6 Å². The number of aromatic nitrogens is 1. The highest BCUT2D eigenvalue weighted by Gasteiger charge is 2.11. The minimum Gasteiger partial charge on any atom is -0.441 e. The van der Waals surface area contributed by atoms with Gasteiger partial charge in [0.2, 0.25) is 0 Å². The highest BCUT2D eigenvalue weighted by molar-refractivity contribution is 6.30. The van der Waals surface area contributed by atoms with Gasteiger partial charge in [-0.3, -0.25) is 0 Å². The summed E-state index contributed by atoms with van der Waals surface area (Å²) in [6, 6.07) is 4.37. The standard InChI is InChI=1S/C14H16ClFN2O/c1-2-17-7-3-4-14-18-9-13(19-14)11-8-10(15)5-6-12(11)16/h5-6,8-9,17H,2-4,7H2,1H3. The number of aryl methyl sites for hydroxylation is 1. The zero-order valence-corrected chi connectivity index (χ0v) is 11.5. The Bertz CT molecular complexity index is 542. The van der Waals surface area contributed by atoms with Crippen molar-refractivity contribution in [1.82, 2.24) is 10.3 Å². The summed E-state index contributed by atoms with van der Waals surface area (Å²) < 4.78 is 19.2. The van der Waals surface area contributed by atoms with Crippen LogP contribution >= 0.6 is 11.6 Å². The van der Waals surface area contributed by atoms with Gasteiger partial charge >= 0.3 is 0 Å². The molecule has 0 bridgehead atoms. The topological polar surface area (TPSA) is 38.1 Å². The van der Waals surface area contributed by atoms with E-state index < -0.39 is 0 Å². The molecule has 2 aromatic rings. The summed E-state index contributed by atoms with van der Waals surface area (Å²) in [6.45, 7) is 3.93. The summed E-state index contributed by atoms with van der Waals surface area (Å²) in [5.41, 5.74) is 0.345. The minimum atomic E-state index is -0.361. The predicted molar refractivity (Wildman–Crippen MR) is 73.8 cm³/mol. The maximum atomic E-state index is 13.7. The van der Waals surface area contributed by atoms with Crippen LogP contribution in [0.3, 0.4) is 0 Å². The van der Waals surface area contributed by atoms with Gasteiger partial charge in [-0.1, -0.05) is 18.5 Å². The van der Waals surface area contributed by atoms with E-state index in [1.54, 1.807) is 6.07 Å². The molecule has 0 unspecified atom stereocenters. The molecule has 102 valence electrons. The second kappa shape index (κ2) is 6.68. The lowest BCUT2D eigenvalue weighted by Gasteiger charge is -2.00. The molecule has 1 aromatic heterocycles. The number of nitrogens with zero attached hydrogens (tertiary/aromatic N) is 1. The Morgan fingerprint density at radius 3 is 3.05 bits per heavy atom. The van der Waals surface area contributed by atoms with E-state index in [2.05, 4.69) is 17.2 Å². The quantitative estimate of drug-likeness (QED) is 0.822. The van der Waals surface area contributed by atoms with Crippen molar-refractivity contribution in [2.45, 2.75) is 19.8 Å². The van der Waals surface area contributed by atoms with Crippen molar-refractivity contribution in [2.24, 2.45) is 0 Å². The number of halogens is 2. The van der Waals surface area contributed by atoms with E-state index in [9.17, 15) is 4.39 Å². The molecule has 0 aliphatic carbocycles. The molecule has 2 rings (SSSR count). The van der Waals surface area contributed by atoms with Gasteiger partial charge in [0.15, 0.2) is 11.7 Å². The molecule has 0 saturated carbocycles. The van der Waals surface area contributed by atoms with E-state index >= 15 is 0 Å². The Balaban J connectivity index is 2.06. The first-order chi connectivity index (χ1) is 9.20. The number of oxazole rings is 1. The van der Waals surface area contributed by atoms with Crippen LogP contribution in [0.4, 0.5) is 4.39 Å². The van der Waals surface area contributed by atoms with Gasteiger partial charge in [0.25, 0.3) is 0 Å². The highest BCUT2D eigenvalue weighted by atomic mass is 35.5. The van der Waals surface area contributed by atoms with Gasteiger partial charge in [-0.15, -0.1) is 0 Å². The third kappa shape index (κ3) is 3.78. The predicted octanol–water partition coefficient (Wildman–Crippen LogP) is 3.68. The Labute approximate surface area is 116 Å². The molecule has 0 aliphatic rings.